The van der Waals surface area contributed by atoms with E-state index >= 15 is 0 Å². The summed E-state index contributed by atoms with van der Waals surface area (Å²) in [5, 5.41) is 0. The summed E-state index contributed by atoms with van der Waals surface area (Å²) in [4.78, 5) is 12.2. The molecule has 0 unspecified atom stereocenters. The van der Waals surface area contributed by atoms with E-state index in [-0.39, 0.29) is 12.5 Å². The standard InChI is InChI=1S/C6H8NO2/c1-2-3-7-5-9-4-6(7)8/h2,5H,1,3-4H2/q-1. The Labute approximate surface area is 53.9 Å². The van der Waals surface area contributed by atoms with Crippen molar-refractivity contribution in [3.63, 3.8) is 0 Å². The molecule has 50 valence electrons. The monoisotopic (exact) mass is 126 g/mol. The Bertz CT molecular complexity index is 133. The van der Waals surface area contributed by atoms with Crippen molar-refractivity contribution in [3.8, 4) is 0 Å². The van der Waals surface area contributed by atoms with Crippen molar-refractivity contribution in [1.82, 2.24) is 4.90 Å². The molecule has 0 atom stereocenters. The highest BCUT2D eigenvalue weighted by Gasteiger charge is 2.08. The predicted octanol–water partition coefficient (Wildman–Crippen LogP) is 0.150. The molecule has 0 spiro atoms. The van der Waals surface area contributed by atoms with Gasteiger partial charge < -0.3 is 9.64 Å². The zero-order chi connectivity index (χ0) is 6.69. The summed E-state index contributed by atoms with van der Waals surface area (Å²) < 4.78 is 4.73. The molecule has 1 amide bonds. The van der Waals surface area contributed by atoms with Crippen LogP contribution in [0.15, 0.2) is 12.7 Å². The SMILES string of the molecule is C=CCN1[CH-]OCC1=O. The molecular formula is C6H8NO2-. The molecule has 1 saturated heterocycles. The lowest BCUT2D eigenvalue weighted by atomic mass is 10.5. The number of carbonyl (C=O) groups is 1. The first kappa shape index (κ1) is 6.29. The van der Waals surface area contributed by atoms with Gasteiger partial charge in [0.2, 0.25) is 5.91 Å². The third-order valence-electron chi connectivity index (χ3n) is 1.05. The number of amides is 1. The largest absolute Gasteiger partial charge is 0.525 e. The molecule has 1 aliphatic heterocycles. The fourth-order valence-electron chi connectivity index (χ4n) is 0.624. The number of nitrogens with zero attached hydrogens (tertiary/aromatic N) is 1. The van der Waals surface area contributed by atoms with Crippen LogP contribution in [0.3, 0.4) is 0 Å². The van der Waals surface area contributed by atoms with Gasteiger partial charge >= 0.3 is 0 Å². The second-order valence-electron chi connectivity index (χ2n) is 1.75. The van der Waals surface area contributed by atoms with Gasteiger partial charge in [0.15, 0.2) is 0 Å². The summed E-state index contributed by atoms with van der Waals surface area (Å²) in [5.41, 5.74) is 0. The van der Waals surface area contributed by atoms with Crippen LogP contribution in [0.5, 0.6) is 0 Å². The van der Waals surface area contributed by atoms with Crippen molar-refractivity contribution in [2.24, 2.45) is 0 Å². The summed E-state index contributed by atoms with van der Waals surface area (Å²) in [5.74, 6) is -0.00472. The highest BCUT2D eigenvalue weighted by atomic mass is 16.5. The zero-order valence-electron chi connectivity index (χ0n) is 5.04. The quantitative estimate of drug-likeness (QED) is 0.389. The van der Waals surface area contributed by atoms with Gasteiger partial charge in [0.25, 0.3) is 0 Å². The summed E-state index contributed by atoms with van der Waals surface area (Å²) in [6.45, 7) is 5.62. The zero-order valence-corrected chi connectivity index (χ0v) is 5.04. The Morgan fingerprint density at radius 3 is 3.22 bits per heavy atom. The summed E-state index contributed by atoms with van der Waals surface area (Å²) in [7, 11) is 0. The molecule has 0 aliphatic carbocycles. The van der Waals surface area contributed by atoms with Gasteiger partial charge in [-0.1, -0.05) is 6.08 Å². The van der Waals surface area contributed by atoms with E-state index in [1.807, 2.05) is 0 Å². The van der Waals surface area contributed by atoms with Gasteiger partial charge in [0, 0.05) is 6.54 Å². The van der Waals surface area contributed by atoms with Crippen molar-refractivity contribution in [3.05, 3.63) is 19.4 Å². The van der Waals surface area contributed by atoms with Crippen LogP contribution < -0.4 is 0 Å². The van der Waals surface area contributed by atoms with Crippen LogP contribution in [-0.4, -0.2) is 24.0 Å². The molecule has 1 fully saturated rings. The Morgan fingerprint density at radius 1 is 2.00 bits per heavy atom. The van der Waals surface area contributed by atoms with E-state index < -0.39 is 0 Å². The number of rotatable bonds is 2. The average Bonchev–Trinajstić information content (AvgIpc) is 2.18. The normalized spacial score (nSPS) is 18.7. The molecule has 1 rings (SSSR count). The van der Waals surface area contributed by atoms with Crippen molar-refractivity contribution < 1.29 is 9.53 Å². The van der Waals surface area contributed by atoms with Gasteiger partial charge in [-0.3, -0.25) is 4.79 Å². The minimum absolute atomic E-state index is 0.00472. The minimum Gasteiger partial charge on any atom is -0.525 e. The second kappa shape index (κ2) is 2.64. The van der Waals surface area contributed by atoms with E-state index in [0.717, 1.165) is 0 Å². The summed E-state index contributed by atoms with van der Waals surface area (Å²) in [6.07, 6.45) is 1.66. The lowest BCUT2D eigenvalue weighted by Crippen LogP contribution is -2.22. The van der Waals surface area contributed by atoms with Crippen LogP contribution in [0.4, 0.5) is 0 Å². The van der Waals surface area contributed by atoms with Crippen LogP contribution in [0.1, 0.15) is 0 Å². The van der Waals surface area contributed by atoms with Gasteiger partial charge in [-0.15, -0.1) is 13.3 Å². The first-order valence-electron chi connectivity index (χ1n) is 2.70. The van der Waals surface area contributed by atoms with E-state index in [0.29, 0.717) is 6.54 Å². The first-order valence-corrected chi connectivity index (χ1v) is 2.70. The molecule has 1 heterocycles. The van der Waals surface area contributed by atoms with Gasteiger partial charge in [-0.25, -0.2) is 0 Å². The summed E-state index contributed by atoms with van der Waals surface area (Å²) >= 11 is 0. The predicted molar refractivity (Wildman–Crippen MR) is 32.2 cm³/mol. The Kier molecular flexibility index (Phi) is 1.85. The molecule has 0 aromatic carbocycles. The molecule has 9 heavy (non-hydrogen) atoms. The van der Waals surface area contributed by atoms with E-state index in [1.165, 1.54) is 11.6 Å². The summed E-state index contributed by atoms with van der Waals surface area (Å²) in [6, 6.07) is 0. The molecule has 0 aromatic rings. The van der Waals surface area contributed by atoms with Crippen molar-refractivity contribution in [2.45, 2.75) is 0 Å². The van der Waals surface area contributed by atoms with Gasteiger partial charge in [0.1, 0.15) is 0 Å². The van der Waals surface area contributed by atoms with Crippen LogP contribution in [-0.2, 0) is 9.53 Å². The molecule has 0 N–H and O–H groups in total. The molecular weight excluding hydrogens is 118 g/mol. The minimum atomic E-state index is -0.00472. The van der Waals surface area contributed by atoms with E-state index in [4.69, 9.17) is 4.74 Å². The van der Waals surface area contributed by atoms with E-state index in [2.05, 4.69) is 6.58 Å². The number of hydrogen-bond donors (Lipinski definition) is 0. The van der Waals surface area contributed by atoms with Gasteiger partial charge in [-0.05, 0) is 0 Å². The molecule has 0 saturated carbocycles. The van der Waals surface area contributed by atoms with E-state index in [1.54, 1.807) is 6.08 Å². The van der Waals surface area contributed by atoms with Crippen LogP contribution in [0, 0.1) is 6.73 Å². The lowest BCUT2D eigenvalue weighted by Gasteiger charge is -2.20. The van der Waals surface area contributed by atoms with Gasteiger partial charge in [0.05, 0.1) is 6.61 Å². The highest BCUT2D eigenvalue weighted by Crippen LogP contribution is 2.04. The van der Waals surface area contributed by atoms with Crippen LogP contribution in [0.25, 0.3) is 0 Å². The number of ether oxygens (including phenoxy) is 1. The molecule has 3 nitrogen and oxygen atoms in total. The smallest absolute Gasteiger partial charge is 0.218 e. The Balaban J connectivity index is 2.39. The maximum absolute atomic E-state index is 10.7. The van der Waals surface area contributed by atoms with Crippen LogP contribution in [0.2, 0.25) is 0 Å². The Hall–Kier alpha value is -0.830. The average molecular weight is 126 g/mol. The molecule has 0 bridgehead atoms. The van der Waals surface area contributed by atoms with Gasteiger partial charge in [-0.2, -0.15) is 0 Å². The molecule has 1 aliphatic rings. The molecule has 0 aromatic heterocycles. The first-order chi connectivity index (χ1) is 4.34. The number of carbonyl (C=O) groups excluding carboxylic acids is 1. The molecule has 0 radical (unpaired) electrons. The van der Waals surface area contributed by atoms with Crippen molar-refractivity contribution >= 4 is 5.91 Å². The Morgan fingerprint density at radius 2 is 2.78 bits per heavy atom. The third kappa shape index (κ3) is 1.29. The second-order valence-corrected chi connectivity index (χ2v) is 1.75. The van der Waals surface area contributed by atoms with Crippen LogP contribution >= 0.6 is 0 Å². The third-order valence-corrected chi connectivity index (χ3v) is 1.05. The van der Waals surface area contributed by atoms with Crippen molar-refractivity contribution in [2.75, 3.05) is 13.2 Å². The maximum atomic E-state index is 10.7. The van der Waals surface area contributed by atoms with E-state index in [9.17, 15) is 4.79 Å². The maximum Gasteiger partial charge on any atom is 0.218 e. The lowest BCUT2D eigenvalue weighted by molar-refractivity contribution is -0.125. The fourth-order valence-corrected chi connectivity index (χ4v) is 0.624. The van der Waals surface area contributed by atoms with Crippen molar-refractivity contribution in [1.29, 1.82) is 0 Å². The number of hydrogen-bond acceptors (Lipinski definition) is 2. The highest BCUT2D eigenvalue weighted by molar-refractivity contribution is 5.79. The topological polar surface area (TPSA) is 29.5 Å². The fraction of sp³-hybridized carbons (Fsp3) is 0.333. The molecule has 3 heteroatoms.